The van der Waals surface area contributed by atoms with Crippen LogP contribution in [0.2, 0.25) is 0 Å². The largest absolute Gasteiger partial charge is 0.368 e. The number of guanidine groups is 1. The number of amides is 1. The van der Waals surface area contributed by atoms with Crippen molar-refractivity contribution >= 4 is 11.9 Å². The number of nitrogens with zero attached hydrogens (tertiary/aromatic N) is 1. The van der Waals surface area contributed by atoms with E-state index in [1.807, 2.05) is 13.8 Å². The first-order valence-electron chi connectivity index (χ1n) is 4.48. The summed E-state index contributed by atoms with van der Waals surface area (Å²) < 4.78 is 0. The monoisotopic (exact) mass is 202 g/mol. The zero-order valence-electron chi connectivity index (χ0n) is 8.74. The third-order valence-electron chi connectivity index (χ3n) is 1.51. The molecule has 1 amide bonds. The lowest BCUT2D eigenvalue weighted by molar-refractivity contribution is -0.122. The van der Waals surface area contributed by atoms with Gasteiger partial charge >= 0.3 is 0 Å². The fourth-order valence-corrected chi connectivity index (χ4v) is 0.749. The molecular formula is C8H18N4O2. The van der Waals surface area contributed by atoms with Crippen molar-refractivity contribution in [2.45, 2.75) is 26.8 Å². The minimum absolute atomic E-state index is 0.169. The third-order valence-corrected chi connectivity index (χ3v) is 1.51. The molecule has 82 valence electrons. The zero-order chi connectivity index (χ0) is 11.1. The maximum atomic E-state index is 11.3. The van der Waals surface area contributed by atoms with Crippen molar-refractivity contribution < 1.29 is 10.0 Å². The lowest BCUT2D eigenvalue weighted by atomic mass is 10.2. The van der Waals surface area contributed by atoms with Crippen molar-refractivity contribution in [2.75, 3.05) is 6.54 Å². The topological polar surface area (TPSA) is 99.7 Å². The van der Waals surface area contributed by atoms with E-state index in [1.54, 1.807) is 12.4 Å². The molecule has 0 saturated heterocycles. The standard InChI is InChI=1S/C8H18N4O2/c1-5(2)4-10-7(13)6(3)11-8(9)12-14/h5-6,14H,4H2,1-3H3,(H,10,13)(H3,9,11,12). The summed E-state index contributed by atoms with van der Waals surface area (Å²) in [6.45, 7) is 6.20. The van der Waals surface area contributed by atoms with Gasteiger partial charge in [0, 0.05) is 6.54 Å². The summed E-state index contributed by atoms with van der Waals surface area (Å²) in [4.78, 5) is 15.0. The predicted octanol–water partition coefficient (Wildman–Crippen LogP) is -0.559. The molecule has 1 atom stereocenters. The van der Waals surface area contributed by atoms with Crippen LogP contribution in [0.25, 0.3) is 0 Å². The summed E-state index contributed by atoms with van der Waals surface area (Å²) in [7, 11) is 0. The van der Waals surface area contributed by atoms with E-state index in [9.17, 15) is 4.79 Å². The van der Waals surface area contributed by atoms with Crippen LogP contribution in [0.15, 0.2) is 4.99 Å². The maximum absolute atomic E-state index is 11.3. The number of hydrogen-bond acceptors (Lipinski definition) is 3. The first-order chi connectivity index (χ1) is 6.47. The highest BCUT2D eigenvalue weighted by Crippen LogP contribution is 1.92. The van der Waals surface area contributed by atoms with Crippen LogP contribution >= 0.6 is 0 Å². The fraction of sp³-hybridized carbons (Fsp3) is 0.750. The first kappa shape index (κ1) is 12.7. The summed E-state index contributed by atoms with van der Waals surface area (Å²) >= 11 is 0. The van der Waals surface area contributed by atoms with Gasteiger partial charge in [-0.1, -0.05) is 13.8 Å². The fourth-order valence-electron chi connectivity index (χ4n) is 0.749. The Hall–Kier alpha value is -1.30. The molecule has 0 fully saturated rings. The van der Waals surface area contributed by atoms with Crippen LogP contribution in [-0.4, -0.2) is 29.7 Å². The second kappa shape index (κ2) is 6.20. The second-order valence-corrected chi connectivity index (χ2v) is 3.44. The predicted molar refractivity (Wildman–Crippen MR) is 53.9 cm³/mol. The zero-order valence-corrected chi connectivity index (χ0v) is 8.74. The summed E-state index contributed by atoms with van der Waals surface area (Å²) in [6.07, 6.45) is 0. The highest BCUT2D eigenvalue weighted by atomic mass is 16.5. The van der Waals surface area contributed by atoms with Crippen LogP contribution in [0.3, 0.4) is 0 Å². The van der Waals surface area contributed by atoms with Crippen LogP contribution in [0, 0.1) is 5.92 Å². The Kier molecular flexibility index (Phi) is 5.62. The van der Waals surface area contributed by atoms with E-state index in [0.717, 1.165) is 0 Å². The van der Waals surface area contributed by atoms with Gasteiger partial charge in [0.2, 0.25) is 11.9 Å². The van der Waals surface area contributed by atoms with Crippen LogP contribution in [0.4, 0.5) is 0 Å². The highest BCUT2D eigenvalue weighted by molar-refractivity contribution is 5.85. The Morgan fingerprint density at radius 3 is 2.50 bits per heavy atom. The molecule has 1 unspecified atom stereocenters. The minimum atomic E-state index is -0.603. The number of nitrogens with two attached hydrogens (primary N) is 1. The summed E-state index contributed by atoms with van der Waals surface area (Å²) in [5.74, 6) is 0.0116. The molecule has 0 saturated carbocycles. The number of hydroxylamine groups is 1. The molecule has 14 heavy (non-hydrogen) atoms. The Morgan fingerprint density at radius 1 is 1.50 bits per heavy atom. The Bertz CT molecular complexity index is 215. The Morgan fingerprint density at radius 2 is 2.07 bits per heavy atom. The number of nitrogens with one attached hydrogen (secondary N) is 2. The van der Waals surface area contributed by atoms with Gasteiger partial charge in [-0.2, -0.15) is 0 Å². The molecule has 5 N–H and O–H groups in total. The van der Waals surface area contributed by atoms with Gasteiger partial charge in [-0.15, -0.1) is 0 Å². The normalized spacial score (nSPS) is 13.9. The quantitative estimate of drug-likeness (QED) is 0.279. The lowest BCUT2D eigenvalue weighted by Crippen LogP contribution is -2.37. The molecule has 6 nitrogen and oxygen atoms in total. The van der Waals surface area contributed by atoms with Crippen molar-refractivity contribution in [1.29, 1.82) is 0 Å². The molecule has 0 heterocycles. The van der Waals surface area contributed by atoms with E-state index in [4.69, 9.17) is 10.9 Å². The van der Waals surface area contributed by atoms with Crippen molar-refractivity contribution in [2.24, 2.45) is 16.6 Å². The smallest absolute Gasteiger partial charge is 0.244 e. The van der Waals surface area contributed by atoms with Crippen molar-refractivity contribution in [3.63, 3.8) is 0 Å². The molecule has 0 aromatic carbocycles. The molecule has 0 aromatic rings. The molecule has 0 aromatic heterocycles. The Labute approximate surface area is 83.5 Å². The van der Waals surface area contributed by atoms with Gasteiger partial charge in [-0.3, -0.25) is 10.0 Å². The maximum Gasteiger partial charge on any atom is 0.244 e. The van der Waals surface area contributed by atoms with Crippen LogP contribution < -0.4 is 16.5 Å². The van der Waals surface area contributed by atoms with Crippen molar-refractivity contribution in [3.8, 4) is 0 Å². The lowest BCUT2D eigenvalue weighted by Gasteiger charge is -2.10. The molecule has 0 aliphatic heterocycles. The number of hydrogen-bond donors (Lipinski definition) is 4. The molecule has 0 aliphatic carbocycles. The van der Waals surface area contributed by atoms with E-state index < -0.39 is 6.04 Å². The van der Waals surface area contributed by atoms with Crippen LogP contribution in [0.1, 0.15) is 20.8 Å². The average molecular weight is 202 g/mol. The molecular weight excluding hydrogens is 184 g/mol. The highest BCUT2D eigenvalue weighted by Gasteiger charge is 2.11. The van der Waals surface area contributed by atoms with E-state index in [-0.39, 0.29) is 11.9 Å². The summed E-state index contributed by atoms with van der Waals surface area (Å²) in [5, 5.41) is 11.0. The average Bonchev–Trinajstić information content (AvgIpc) is 2.13. The molecule has 0 radical (unpaired) electrons. The summed E-state index contributed by atoms with van der Waals surface area (Å²) in [5.41, 5.74) is 6.84. The van der Waals surface area contributed by atoms with Gasteiger partial charge in [0.25, 0.3) is 0 Å². The molecule has 0 bridgehead atoms. The van der Waals surface area contributed by atoms with Crippen LogP contribution in [0.5, 0.6) is 0 Å². The van der Waals surface area contributed by atoms with E-state index in [2.05, 4.69) is 10.3 Å². The molecule has 0 spiro atoms. The number of rotatable bonds is 4. The number of carbonyl (C=O) groups excluding carboxylic acids is 1. The van der Waals surface area contributed by atoms with Gasteiger partial charge in [0.05, 0.1) is 0 Å². The van der Waals surface area contributed by atoms with E-state index in [1.165, 1.54) is 0 Å². The van der Waals surface area contributed by atoms with E-state index in [0.29, 0.717) is 12.5 Å². The third kappa shape index (κ3) is 5.36. The first-order valence-corrected chi connectivity index (χ1v) is 4.48. The molecule has 0 rings (SSSR count). The van der Waals surface area contributed by atoms with E-state index >= 15 is 0 Å². The van der Waals surface area contributed by atoms with Crippen molar-refractivity contribution in [3.05, 3.63) is 0 Å². The molecule has 6 heteroatoms. The van der Waals surface area contributed by atoms with Crippen molar-refractivity contribution in [1.82, 2.24) is 10.8 Å². The number of carbonyl (C=O) groups is 1. The van der Waals surface area contributed by atoms with Gasteiger partial charge in [0.1, 0.15) is 6.04 Å². The Balaban J connectivity index is 4.00. The van der Waals surface area contributed by atoms with Gasteiger partial charge in [-0.25, -0.2) is 10.5 Å². The van der Waals surface area contributed by atoms with Gasteiger partial charge < -0.3 is 11.1 Å². The number of aliphatic imine (C=N–C) groups is 1. The SMILES string of the molecule is CC(C)CNC(=O)C(C)N=C(N)NO. The van der Waals surface area contributed by atoms with Gasteiger partial charge in [-0.05, 0) is 12.8 Å². The second-order valence-electron chi connectivity index (χ2n) is 3.44. The summed E-state index contributed by atoms with van der Waals surface area (Å²) in [6, 6.07) is -0.603. The van der Waals surface area contributed by atoms with Crippen LogP contribution in [-0.2, 0) is 4.79 Å². The van der Waals surface area contributed by atoms with Gasteiger partial charge in [0.15, 0.2) is 0 Å². The molecule has 0 aliphatic rings. The minimum Gasteiger partial charge on any atom is -0.368 e.